The van der Waals surface area contributed by atoms with Gasteiger partial charge in [0.2, 0.25) is 11.8 Å². The number of rotatable bonds is 6. The van der Waals surface area contributed by atoms with Crippen molar-refractivity contribution in [3.63, 3.8) is 0 Å². The second-order valence-corrected chi connectivity index (χ2v) is 5.66. The maximum atomic E-state index is 11.9. The first-order valence-electron chi connectivity index (χ1n) is 7.52. The monoisotopic (exact) mass is 301 g/mol. The van der Waals surface area contributed by atoms with Gasteiger partial charge in [0.15, 0.2) is 5.65 Å². The van der Waals surface area contributed by atoms with E-state index in [1.807, 2.05) is 13.0 Å². The summed E-state index contributed by atoms with van der Waals surface area (Å²) in [5.41, 5.74) is 2.21. The summed E-state index contributed by atoms with van der Waals surface area (Å²) in [4.78, 5) is 27.5. The summed E-state index contributed by atoms with van der Waals surface area (Å²) >= 11 is 0. The third-order valence-electron chi connectivity index (χ3n) is 3.71. The highest BCUT2D eigenvalue weighted by Gasteiger charge is 2.28. The Kier molecular flexibility index (Phi) is 4.04. The Morgan fingerprint density at radius 1 is 1.41 bits per heavy atom. The number of nitrogens with zero attached hydrogens (tertiary/aromatic N) is 2. The number of fused-ring (bicyclic) bond motifs is 1. The van der Waals surface area contributed by atoms with E-state index in [0.29, 0.717) is 30.7 Å². The first-order chi connectivity index (χ1) is 10.6. The van der Waals surface area contributed by atoms with Gasteiger partial charge in [0, 0.05) is 30.0 Å². The molecule has 0 aliphatic heterocycles. The van der Waals surface area contributed by atoms with Gasteiger partial charge in [-0.05, 0) is 32.3 Å². The number of pyridine rings is 1. The molecule has 0 aromatic carbocycles. The quantitative estimate of drug-likeness (QED) is 0.704. The summed E-state index contributed by atoms with van der Waals surface area (Å²) in [7, 11) is 0. The fourth-order valence-corrected chi connectivity index (χ4v) is 2.26. The highest BCUT2D eigenvalue weighted by Crippen LogP contribution is 2.28. The SMILES string of the molecule is Cc1[nH]nc2ncc(NC(=O)CCCNC(=O)C3CC3)cc12. The lowest BCUT2D eigenvalue weighted by Gasteiger charge is -2.06. The Morgan fingerprint density at radius 3 is 3.00 bits per heavy atom. The maximum absolute atomic E-state index is 11.9. The summed E-state index contributed by atoms with van der Waals surface area (Å²) < 4.78 is 0. The molecule has 2 aromatic heterocycles. The number of hydrogen-bond acceptors (Lipinski definition) is 4. The largest absolute Gasteiger partial charge is 0.356 e. The van der Waals surface area contributed by atoms with Crippen LogP contribution in [0.1, 0.15) is 31.4 Å². The summed E-state index contributed by atoms with van der Waals surface area (Å²) in [6.07, 6.45) is 4.58. The van der Waals surface area contributed by atoms with E-state index in [2.05, 4.69) is 25.8 Å². The molecule has 3 N–H and O–H groups in total. The van der Waals surface area contributed by atoms with Crippen molar-refractivity contribution in [1.82, 2.24) is 20.5 Å². The third kappa shape index (κ3) is 3.41. The summed E-state index contributed by atoms with van der Waals surface area (Å²) in [6.45, 7) is 2.45. The van der Waals surface area contributed by atoms with Gasteiger partial charge in [-0.1, -0.05) is 0 Å². The first-order valence-corrected chi connectivity index (χ1v) is 7.52. The minimum absolute atomic E-state index is 0.0806. The van der Waals surface area contributed by atoms with Crippen LogP contribution in [0.4, 0.5) is 5.69 Å². The molecular formula is C15H19N5O2. The van der Waals surface area contributed by atoms with Crippen LogP contribution in [-0.4, -0.2) is 33.5 Å². The Balaban J connectivity index is 1.45. The van der Waals surface area contributed by atoms with Crippen molar-refractivity contribution in [2.75, 3.05) is 11.9 Å². The van der Waals surface area contributed by atoms with Gasteiger partial charge in [-0.3, -0.25) is 14.7 Å². The average molecular weight is 301 g/mol. The van der Waals surface area contributed by atoms with Gasteiger partial charge in [-0.2, -0.15) is 5.10 Å². The lowest BCUT2D eigenvalue weighted by atomic mass is 10.2. The van der Waals surface area contributed by atoms with Gasteiger partial charge >= 0.3 is 0 Å². The van der Waals surface area contributed by atoms with E-state index >= 15 is 0 Å². The zero-order valence-electron chi connectivity index (χ0n) is 12.5. The molecule has 1 fully saturated rings. The molecule has 3 rings (SSSR count). The molecule has 0 atom stereocenters. The van der Waals surface area contributed by atoms with Gasteiger partial charge < -0.3 is 10.6 Å². The van der Waals surface area contributed by atoms with E-state index < -0.39 is 0 Å². The van der Waals surface area contributed by atoms with Crippen LogP contribution >= 0.6 is 0 Å². The molecule has 0 bridgehead atoms. The molecule has 2 aromatic rings. The number of amides is 2. The van der Waals surface area contributed by atoms with E-state index in [1.54, 1.807) is 6.20 Å². The van der Waals surface area contributed by atoms with Crippen molar-refractivity contribution in [3.05, 3.63) is 18.0 Å². The van der Waals surface area contributed by atoms with Crippen molar-refractivity contribution in [1.29, 1.82) is 0 Å². The predicted octanol–water partition coefficient (Wildman–Crippen LogP) is 1.51. The molecule has 2 heterocycles. The van der Waals surface area contributed by atoms with E-state index in [0.717, 1.165) is 23.9 Å². The van der Waals surface area contributed by atoms with E-state index in [9.17, 15) is 9.59 Å². The molecule has 7 heteroatoms. The van der Waals surface area contributed by atoms with Gasteiger partial charge in [-0.15, -0.1) is 0 Å². The highest BCUT2D eigenvalue weighted by molar-refractivity contribution is 5.93. The van der Waals surface area contributed by atoms with Crippen LogP contribution in [0.3, 0.4) is 0 Å². The normalized spacial score (nSPS) is 14.0. The van der Waals surface area contributed by atoms with E-state index in [-0.39, 0.29) is 17.7 Å². The van der Waals surface area contributed by atoms with Crippen LogP contribution in [-0.2, 0) is 9.59 Å². The number of aromatic amines is 1. The van der Waals surface area contributed by atoms with Gasteiger partial charge in [0.1, 0.15) is 0 Å². The van der Waals surface area contributed by atoms with Crippen LogP contribution in [0.2, 0.25) is 0 Å². The summed E-state index contributed by atoms with van der Waals surface area (Å²) in [6, 6.07) is 1.86. The number of aromatic nitrogens is 3. The van der Waals surface area contributed by atoms with E-state index in [1.165, 1.54) is 0 Å². The third-order valence-corrected chi connectivity index (χ3v) is 3.71. The first kappa shape index (κ1) is 14.5. The molecule has 0 unspecified atom stereocenters. The van der Waals surface area contributed by atoms with Crippen LogP contribution < -0.4 is 10.6 Å². The lowest BCUT2D eigenvalue weighted by Crippen LogP contribution is -2.26. The molecule has 1 aliphatic carbocycles. The fraction of sp³-hybridized carbons (Fsp3) is 0.467. The molecule has 0 spiro atoms. The van der Waals surface area contributed by atoms with Gasteiger partial charge in [0.25, 0.3) is 0 Å². The minimum Gasteiger partial charge on any atom is -0.356 e. The number of aryl methyl sites for hydroxylation is 1. The molecular weight excluding hydrogens is 282 g/mol. The average Bonchev–Trinajstić information content (AvgIpc) is 3.29. The molecule has 0 radical (unpaired) electrons. The van der Waals surface area contributed by atoms with Crippen molar-refractivity contribution >= 4 is 28.5 Å². The second-order valence-electron chi connectivity index (χ2n) is 5.66. The summed E-state index contributed by atoms with van der Waals surface area (Å²) in [5.74, 6) is 0.248. The number of anilines is 1. The molecule has 0 saturated heterocycles. The van der Waals surface area contributed by atoms with Crippen molar-refractivity contribution < 1.29 is 9.59 Å². The summed E-state index contributed by atoms with van der Waals surface area (Å²) in [5, 5.41) is 13.5. The van der Waals surface area contributed by atoms with E-state index in [4.69, 9.17) is 0 Å². The zero-order chi connectivity index (χ0) is 15.5. The molecule has 116 valence electrons. The molecule has 22 heavy (non-hydrogen) atoms. The standard InChI is InChI=1S/C15H19N5O2/c1-9-12-7-11(8-17-14(12)20-19-9)18-13(21)3-2-6-16-15(22)10-4-5-10/h7-8,10H,2-6H2,1H3,(H,16,22)(H,18,21)(H,17,19,20). The van der Waals surface area contributed by atoms with Gasteiger partial charge in [-0.25, -0.2) is 4.98 Å². The second kappa shape index (κ2) is 6.13. The van der Waals surface area contributed by atoms with Crippen LogP contribution in [0.15, 0.2) is 12.3 Å². The Labute approximate surface area is 127 Å². The lowest BCUT2D eigenvalue weighted by molar-refractivity contribution is -0.122. The smallest absolute Gasteiger partial charge is 0.224 e. The Hall–Kier alpha value is -2.44. The molecule has 7 nitrogen and oxygen atoms in total. The number of hydrogen-bond donors (Lipinski definition) is 3. The zero-order valence-corrected chi connectivity index (χ0v) is 12.5. The van der Waals surface area contributed by atoms with Crippen LogP contribution in [0.25, 0.3) is 11.0 Å². The number of carbonyl (C=O) groups is 2. The highest BCUT2D eigenvalue weighted by atomic mass is 16.2. The Bertz CT molecular complexity index is 705. The molecule has 1 aliphatic rings. The number of nitrogens with one attached hydrogen (secondary N) is 3. The molecule has 2 amide bonds. The predicted molar refractivity (Wildman–Crippen MR) is 82.2 cm³/mol. The van der Waals surface area contributed by atoms with Gasteiger partial charge in [0.05, 0.1) is 11.9 Å². The number of H-pyrrole nitrogens is 1. The van der Waals surface area contributed by atoms with Crippen LogP contribution in [0.5, 0.6) is 0 Å². The van der Waals surface area contributed by atoms with Crippen molar-refractivity contribution in [2.24, 2.45) is 5.92 Å². The minimum atomic E-state index is -0.0806. The number of carbonyl (C=O) groups excluding carboxylic acids is 2. The fourth-order valence-electron chi connectivity index (χ4n) is 2.26. The Morgan fingerprint density at radius 2 is 2.23 bits per heavy atom. The molecule has 1 saturated carbocycles. The maximum Gasteiger partial charge on any atom is 0.224 e. The topological polar surface area (TPSA) is 99.8 Å². The van der Waals surface area contributed by atoms with Crippen molar-refractivity contribution in [3.8, 4) is 0 Å². The van der Waals surface area contributed by atoms with Crippen LogP contribution in [0, 0.1) is 12.8 Å². The van der Waals surface area contributed by atoms with Crippen molar-refractivity contribution in [2.45, 2.75) is 32.6 Å².